The van der Waals surface area contributed by atoms with Gasteiger partial charge in [0.1, 0.15) is 11.4 Å². The standard InChI is InChI=1S/C18H17ClN4O2/c1-18(25)7-11(8-18)21-17-12-4-5-20-9-14(12)16(22-23-17)13-3-2-10(19)6-15(13)24/h2-6,9,11,24-25H,7-8H2,1H3,(H,21,23). The average Bonchev–Trinajstić information content (AvgIpc) is 2.54. The fourth-order valence-corrected chi connectivity index (χ4v) is 3.47. The van der Waals surface area contributed by atoms with Gasteiger partial charge >= 0.3 is 0 Å². The summed E-state index contributed by atoms with van der Waals surface area (Å²) in [6.45, 7) is 1.82. The molecule has 0 radical (unpaired) electrons. The summed E-state index contributed by atoms with van der Waals surface area (Å²) in [5, 5.41) is 34.1. The molecule has 6 nitrogen and oxygen atoms in total. The van der Waals surface area contributed by atoms with Gasteiger partial charge in [-0.05, 0) is 44.0 Å². The van der Waals surface area contributed by atoms with Gasteiger partial charge in [-0.3, -0.25) is 4.98 Å². The number of benzene rings is 1. The van der Waals surface area contributed by atoms with E-state index in [9.17, 15) is 10.2 Å². The summed E-state index contributed by atoms with van der Waals surface area (Å²) in [5.41, 5.74) is 0.480. The minimum Gasteiger partial charge on any atom is -0.507 e. The first-order valence-corrected chi connectivity index (χ1v) is 8.39. The number of nitrogens with one attached hydrogen (secondary N) is 1. The number of fused-ring (bicyclic) bond motifs is 1. The first kappa shape index (κ1) is 16.1. The molecule has 3 aromatic rings. The van der Waals surface area contributed by atoms with Crippen LogP contribution in [-0.4, -0.2) is 37.0 Å². The number of anilines is 1. The van der Waals surface area contributed by atoms with E-state index in [1.807, 2.05) is 13.0 Å². The first-order chi connectivity index (χ1) is 11.9. The molecule has 3 N–H and O–H groups in total. The number of halogens is 1. The highest BCUT2D eigenvalue weighted by molar-refractivity contribution is 6.30. The number of aromatic nitrogens is 3. The van der Waals surface area contributed by atoms with Crippen LogP contribution in [0.2, 0.25) is 5.02 Å². The Balaban J connectivity index is 1.77. The fraction of sp³-hybridized carbons (Fsp3) is 0.278. The normalized spacial score (nSPS) is 22.6. The summed E-state index contributed by atoms with van der Waals surface area (Å²) in [5.74, 6) is 0.692. The highest BCUT2D eigenvalue weighted by Gasteiger charge is 2.38. The second-order valence-electron chi connectivity index (χ2n) is 6.73. The first-order valence-electron chi connectivity index (χ1n) is 8.01. The Morgan fingerprint density at radius 1 is 1.20 bits per heavy atom. The van der Waals surface area contributed by atoms with Crippen molar-refractivity contribution in [3.05, 3.63) is 41.7 Å². The minimum absolute atomic E-state index is 0.0442. The molecule has 0 amide bonds. The van der Waals surface area contributed by atoms with Gasteiger partial charge in [0.2, 0.25) is 0 Å². The van der Waals surface area contributed by atoms with Gasteiger partial charge in [0.05, 0.1) is 5.60 Å². The van der Waals surface area contributed by atoms with Gasteiger partial charge in [-0.15, -0.1) is 10.2 Å². The molecule has 0 unspecified atom stereocenters. The van der Waals surface area contributed by atoms with Crippen LogP contribution in [0.15, 0.2) is 36.7 Å². The molecule has 4 rings (SSSR count). The number of rotatable bonds is 3. The van der Waals surface area contributed by atoms with E-state index in [0.717, 1.165) is 10.8 Å². The molecule has 1 saturated carbocycles. The second kappa shape index (κ2) is 5.82. The maximum absolute atomic E-state index is 10.2. The van der Waals surface area contributed by atoms with E-state index in [0.29, 0.717) is 34.9 Å². The topological polar surface area (TPSA) is 91.2 Å². The summed E-state index contributed by atoms with van der Waals surface area (Å²) >= 11 is 5.91. The van der Waals surface area contributed by atoms with Crippen molar-refractivity contribution < 1.29 is 10.2 Å². The van der Waals surface area contributed by atoms with E-state index >= 15 is 0 Å². The zero-order valence-corrected chi connectivity index (χ0v) is 14.3. The van der Waals surface area contributed by atoms with E-state index in [1.54, 1.807) is 24.5 Å². The molecule has 2 heterocycles. The zero-order valence-electron chi connectivity index (χ0n) is 13.6. The molecule has 0 bridgehead atoms. The quantitative estimate of drug-likeness (QED) is 0.666. The number of phenolic OH excluding ortho intramolecular Hbond substituents is 1. The Morgan fingerprint density at radius 2 is 2.00 bits per heavy atom. The third-order valence-electron chi connectivity index (χ3n) is 4.51. The lowest BCUT2D eigenvalue weighted by Gasteiger charge is -2.41. The highest BCUT2D eigenvalue weighted by Crippen LogP contribution is 2.37. The van der Waals surface area contributed by atoms with Gasteiger partial charge in [-0.25, -0.2) is 0 Å². The maximum atomic E-state index is 10.2. The lowest BCUT2D eigenvalue weighted by Crippen LogP contribution is -2.48. The Bertz CT molecular complexity index is 953. The molecule has 1 aliphatic rings. The van der Waals surface area contributed by atoms with Gasteiger partial charge in [0, 0.05) is 39.8 Å². The Morgan fingerprint density at radius 3 is 2.72 bits per heavy atom. The number of hydrogen-bond donors (Lipinski definition) is 3. The predicted octanol–water partition coefficient (Wildman–Crippen LogP) is 3.38. The third-order valence-corrected chi connectivity index (χ3v) is 4.74. The van der Waals surface area contributed by atoms with Gasteiger partial charge in [0.25, 0.3) is 0 Å². The van der Waals surface area contributed by atoms with E-state index < -0.39 is 5.60 Å². The Labute approximate surface area is 149 Å². The molecular formula is C18H17ClN4O2. The largest absolute Gasteiger partial charge is 0.507 e. The van der Waals surface area contributed by atoms with Crippen LogP contribution in [0.3, 0.4) is 0 Å². The number of aliphatic hydroxyl groups is 1. The molecule has 7 heteroatoms. The summed E-state index contributed by atoms with van der Waals surface area (Å²) in [7, 11) is 0. The van der Waals surface area contributed by atoms with Crippen LogP contribution in [0.4, 0.5) is 5.82 Å². The predicted molar refractivity (Wildman–Crippen MR) is 96.7 cm³/mol. The Hall–Kier alpha value is -2.44. The molecule has 0 spiro atoms. The number of pyridine rings is 1. The van der Waals surface area contributed by atoms with Gasteiger partial charge in [-0.2, -0.15) is 0 Å². The van der Waals surface area contributed by atoms with Crippen LogP contribution in [0.1, 0.15) is 19.8 Å². The fourth-order valence-electron chi connectivity index (χ4n) is 3.31. The molecule has 0 atom stereocenters. The number of hydrogen-bond acceptors (Lipinski definition) is 6. The van der Waals surface area contributed by atoms with Gasteiger partial charge < -0.3 is 15.5 Å². The van der Waals surface area contributed by atoms with Crippen molar-refractivity contribution in [2.45, 2.75) is 31.4 Å². The molecule has 1 aromatic carbocycles. The number of phenols is 1. The SMILES string of the molecule is CC1(O)CC(Nc2nnc(-c3ccc(Cl)cc3O)c3cnccc23)C1. The van der Waals surface area contributed by atoms with Crippen molar-refractivity contribution in [3.8, 4) is 17.0 Å². The van der Waals surface area contributed by atoms with Crippen LogP contribution < -0.4 is 5.32 Å². The molecule has 1 aliphatic carbocycles. The third kappa shape index (κ3) is 2.99. The second-order valence-corrected chi connectivity index (χ2v) is 7.16. The molecule has 2 aromatic heterocycles. The van der Waals surface area contributed by atoms with Crippen LogP contribution >= 0.6 is 11.6 Å². The molecule has 1 fully saturated rings. The number of aromatic hydroxyl groups is 1. The van der Waals surface area contributed by atoms with Gasteiger partial charge in [0.15, 0.2) is 5.82 Å². The smallest absolute Gasteiger partial charge is 0.156 e. The lowest BCUT2D eigenvalue weighted by atomic mass is 9.77. The summed E-state index contributed by atoms with van der Waals surface area (Å²) in [4.78, 5) is 4.18. The minimum atomic E-state index is -0.614. The van der Waals surface area contributed by atoms with Crippen molar-refractivity contribution in [2.75, 3.05) is 5.32 Å². The maximum Gasteiger partial charge on any atom is 0.156 e. The van der Waals surface area contributed by atoms with Crippen molar-refractivity contribution >= 4 is 28.2 Å². The van der Waals surface area contributed by atoms with Crippen LogP contribution in [-0.2, 0) is 0 Å². The van der Waals surface area contributed by atoms with Gasteiger partial charge in [-0.1, -0.05) is 11.6 Å². The number of nitrogens with zero attached hydrogens (tertiary/aromatic N) is 3. The molecule has 25 heavy (non-hydrogen) atoms. The monoisotopic (exact) mass is 356 g/mol. The van der Waals surface area contributed by atoms with Crippen molar-refractivity contribution in [1.29, 1.82) is 0 Å². The zero-order chi connectivity index (χ0) is 17.6. The summed E-state index contributed by atoms with van der Waals surface area (Å²) in [6.07, 6.45) is 4.73. The van der Waals surface area contributed by atoms with Crippen LogP contribution in [0, 0.1) is 0 Å². The highest BCUT2D eigenvalue weighted by atomic mass is 35.5. The molecular weight excluding hydrogens is 340 g/mol. The van der Waals surface area contributed by atoms with Crippen molar-refractivity contribution in [2.24, 2.45) is 0 Å². The lowest BCUT2D eigenvalue weighted by molar-refractivity contribution is -0.0235. The van der Waals surface area contributed by atoms with E-state index in [1.165, 1.54) is 6.07 Å². The Kier molecular flexibility index (Phi) is 3.74. The van der Waals surface area contributed by atoms with Crippen molar-refractivity contribution in [3.63, 3.8) is 0 Å². The molecule has 0 saturated heterocycles. The average molecular weight is 357 g/mol. The van der Waals surface area contributed by atoms with Crippen LogP contribution in [0.25, 0.3) is 22.0 Å². The van der Waals surface area contributed by atoms with E-state index in [2.05, 4.69) is 20.5 Å². The molecule has 128 valence electrons. The summed E-state index contributed by atoms with van der Waals surface area (Å²) < 4.78 is 0. The van der Waals surface area contributed by atoms with Crippen molar-refractivity contribution in [1.82, 2.24) is 15.2 Å². The van der Waals surface area contributed by atoms with E-state index in [4.69, 9.17) is 11.6 Å². The molecule has 0 aliphatic heterocycles. The van der Waals surface area contributed by atoms with Crippen LogP contribution in [0.5, 0.6) is 5.75 Å². The summed E-state index contributed by atoms with van der Waals surface area (Å²) in [6, 6.07) is 6.91. The van der Waals surface area contributed by atoms with E-state index in [-0.39, 0.29) is 11.8 Å².